The van der Waals surface area contributed by atoms with E-state index in [0.717, 1.165) is 37.1 Å². The molecule has 0 atom stereocenters. The summed E-state index contributed by atoms with van der Waals surface area (Å²) in [5.41, 5.74) is 4.21. The number of hydrogen-bond donors (Lipinski definition) is 2. The van der Waals surface area contributed by atoms with Crippen LogP contribution in [0.2, 0.25) is 0 Å². The molecule has 7 heteroatoms. The number of carbonyl (C=O) groups excluding carboxylic acids is 2. The highest BCUT2D eigenvalue weighted by Crippen LogP contribution is 2.37. The molecule has 2 aromatic carbocycles. The largest absolute Gasteiger partial charge is 0.391 e. The molecule has 3 aromatic heterocycles. The van der Waals surface area contributed by atoms with Crippen molar-refractivity contribution in [3.05, 3.63) is 93.9 Å². The molecule has 0 saturated heterocycles. The quantitative estimate of drug-likeness (QED) is 0.379. The molecule has 0 bridgehead atoms. The zero-order valence-electron chi connectivity index (χ0n) is 18.4. The van der Waals surface area contributed by atoms with Crippen LogP contribution in [0, 0.1) is 0 Å². The number of thiophene rings is 1. The third-order valence-corrected chi connectivity index (χ3v) is 7.45. The van der Waals surface area contributed by atoms with Gasteiger partial charge in [-0.3, -0.25) is 14.9 Å². The van der Waals surface area contributed by atoms with Crippen molar-refractivity contribution >= 4 is 56.1 Å². The third-order valence-electron chi connectivity index (χ3n) is 6.40. The topological polar surface area (TPSA) is 76.3 Å². The Bertz CT molecular complexity index is 1650. The average Bonchev–Trinajstić information content (AvgIpc) is 3.59. The van der Waals surface area contributed by atoms with E-state index in [1.165, 1.54) is 0 Å². The van der Waals surface area contributed by atoms with E-state index in [1.54, 1.807) is 11.3 Å². The first-order valence-electron chi connectivity index (χ1n) is 11.0. The van der Waals surface area contributed by atoms with Crippen molar-refractivity contribution in [1.82, 2.24) is 14.5 Å². The number of carbonyl (C=O) groups is 2. The van der Waals surface area contributed by atoms with Crippen LogP contribution in [0.3, 0.4) is 0 Å². The van der Waals surface area contributed by atoms with Gasteiger partial charge in [0.25, 0.3) is 11.8 Å². The molecule has 0 spiro atoms. The highest BCUT2D eigenvalue weighted by molar-refractivity contribution is 7.11. The van der Waals surface area contributed by atoms with Crippen molar-refractivity contribution in [3.63, 3.8) is 0 Å². The van der Waals surface area contributed by atoms with Gasteiger partial charge in [0.2, 0.25) is 0 Å². The number of nitrogens with zero attached hydrogens (tertiary/aromatic N) is 2. The van der Waals surface area contributed by atoms with Crippen molar-refractivity contribution in [2.45, 2.75) is 13.2 Å². The fourth-order valence-corrected chi connectivity index (χ4v) is 5.70. The summed E-state index contributed by atoms with van der Waals surface area (Å²) < 4.78 is 4.06. The Morgan fingerprint density at radius 3 is 2.35 bits per heavy atom. The zero-order chi connectivity index (χ0) is 23.4. The molecule has 0 fully saturated rings. The number of hydrogen-bond acceptors (Lipinski definition) is 4. The van der Waals surface area contributed by atoms with Crippen molar-refractivity contribution in [2.24, 2.45) is 7.05 Å². The van der Waals surface area contributed by atoms with E-state index in [0.29, 0.717) is 23.4 Å². The highest BCUT2D eigenvalue weighted by atomic mass is 32.1. The number of aliphatic hydroxyl groups is 1. The summed E-state index contributed by atoms with van der Waals surface area (Å²) in [4.78, 5) is 28.2. The van der Waals surface area contributed by atoms with E-state index in [4.69, 9.17) is 0 Å². The number of amides is 2. The minimum absolute atomic E-state index is 0.0197. The summed E-state index contributed by atoms with van der Waals surface area (Å²) in [7, 11) is 1.91. The molecular weight excluding hydrogens is 446 g/mol. The number of para-hydroxylation sites is 2. The number of aliphatic hydroxyl groups excluding tert-OH is 1. The van der Waals surface area contributed by atoms with Gasteiger partial charge in [-0.15, -0.1) is 11.3 Å². The van der Waals surface area contributed by atoms with Crippen LogP contribution in [0.1, 0.15) is 21.0 Å². The first-order valence-corrected chi connectivity index (χ1v) is 11.8. The second-order valence-corrected chi connectivity index (χ2v) is 9.65. The Balaban J connectivity index is 1.57. The molecule has 1 aliphatic rings. The maximum absolute atomic E-state index is 13.1. The van der Waals surface area contributed by atoms with E-state index in [2.05, 4.69) is 9.88 Å². The summed E-state index contributed by atoms with van der Waals surface area (Å²) in [6, 6.07) is 21.7. The molecule has 6 nitrogen and oxygen atoms in total. The van der Waals surface area contributed by atoms with Crippen LogP contribution in [0.4, 0.5) is 0 Å². The van der Waals surface area contributed by atoms with Crippen LogP contribution in [0.25, 0.3) is 33.0 Å². The maximum Gasteiger partial charge on any atom is 0.261 e. The number of aryl methyl sites for hydroxylation is 1. The highest BCUT2D eigenvalue weighted by Gasteiger charge is 2.35. The van der Waals surface area contributed by atoms with Crippen LogP contribution in [0.15, 0.2) is 72.9 Å². The first-order chi connectivity index (χ1) is 16.5. The summed E-state index contributed by atoms with van der Waals surface area (Å²) >= 11 is 1.56. The van der Waals surface area contributed by atoms with Gasteiger partial charge in [-0.25, -0.2) is 0 Å². The van der Waals surface area contributed by atoms with Gasteiger partial charge in [0, 0.05) is 50.4 Å². The lowest BCUT2D eigenvalue weighted by atomic mass is 9.99. The Morgan fingerprint density at radius 2 is 1.59 bits per heavy atom. The predicted molar refractivity (Wildman–Crippen MR) is 134 cm³/mol. The Labute approximate surface area is 199 Å². The Hall–Kier alpha value is -3.94. The van der Waals surface area contributed by atoms with Gasteiger partial charge >= 0.3 is 0 Å². The van der Waals surface area contributed by atoms with Crippen molar-refractivity contribution < 1.29 is 14.7 Å². The summed E-state index contributed by atoms with van der Waals surface area (Å²) in [5.74, 6) is -0.763. The molecule has 2 amide bonds. The van der Waals surface area contributed by atoms with Gasteiger partial charge < -0.3 is 14.2 Å². The molecule has 34 heavy (non-hydrogen) atoms. The minimum Gasteiger partial charge on any atom is -0.391 e. The molecule has 0 unspecified atom stereocenters. The molecule has 1 aliphatic heterocycles. The van der Waals surface area contributed by atoms with Gasteiger partial charge in [0.05, 0.1) is 30.0 Å². The normalized spacial score (nSPS) is 14.1. The first kappa shape index (κ1) is 20.7. The molecule has 6 rings (SSSR count). The summed E-state index contributed by atoms with van der Waals surface area (Å²) in [5, 5.41) is 13.9. The molecule has 0 aliphatic carbocycles. The van der Waals surface area contributed by atoms with Crippen LogP contribution in [-0.4, -0.2) is 26.1 Å². The number of imide groups is 1. The van der Waals surface area contributed by atoms with Gasteiger partial charge in [-0.1, -0.05) is 36.4 Å². The smallest absolute Gasteiger partial charge is 0.261 e. The van der Waals surface area contributed by atoms with Crippen molar-refractivity contribution in [3.8, 4) is 0 Å². The number of fused-ring (bicyclic) bond motifs is 2. The van der Waals surface area contributed by atoms with E-state index in [-0.39, 0.29) is 18.4 Å². The molecule has 0 saturated carbocycles. The van der Waals surface area contributed by atoms with Gasteiger partial charge in [0.15, 0.2) is 0 Å². The Kier molecular flexibility index (Phi) is 4.76. The second kappa shape index (κ2) is 7.83. The molecule has 168 valence electrons. The molecule has 0 radical (unpaired) electrons. The van der Waals surface area contributed by atoms with Crippen LogP contribution in [-0.2, 0) is 29.8 Å². The maximum atomic E-state index is 13.1. The molecule has 4 heterocycles. The van der Waals surface area contributed by atoms with Crippen molar-refractivity contribution in [2.75, 3.05) is 0 Å². The average molecular weight is 468 g/mol. The van der Waals surface area contributed by atoms with E-state index >= 15 is 0 Å². The molecule has 2 N–H and O–H groups in total. The zero-order valence-corrected chi connectivity index (χ0v) is 19.2. The minimum atomic E-state index is -0.383. The predicted octanol–water partition coefficient (Wildman–Crippen LogP) is 4.30. The van der Waals surface area contributed by atoms with Gasteiger partial charge in [-0.2, -0.15) is 0 Å². The summed E-state index contributed by atoms with van der Waals surface area (Å²) in [6.07, 6.45) is 1.96. The van der Waals surface area contributed by atoms with E-state index < -0.39 is 0 Å². The summed E-state index contributed by atoms with van der Waals surface area (Å²) in [6.45, 7) is 0.628. The van der Waals surface area contributed by atoms with Crippen LogP contribution in [0.5, 0.6) is 0 Å². The lowest BCUT2D eigenvalue weighted by Gasteiger charge is -2.06. The van der Waals surface area contributed by atoms with Gasteiger partial charge in [0.1, 0.15) is 0 Å². The van der Waals surface area contributed by atoms with Crippen LogP contribution >= 0.6 is 11.3 Å². The van der Waals surface area contributed by atoms with Gasteiger partial charge in [-0.05, 0) is 30.3 Å². The number of aromatic nitrogens is 2. The lowest BCUT2D eigenvalue weighted by Crippen LogP contribution is -2.23. The molecule has 5 aromatic rings. The SMILES string of the molecule is Cn1c(C2=C(c3cn(Cc4ccc(CO)s4)c4ccccc34)C(=O)NC2=O)cc2ccccc21. The standard InChI is InChI=1S/C27H21N3O3S/c1-29-21-8-4-2-6-16(21)12-23(29)25-24(26(32)28-27(25)33)20-14-30(22-9-5-3-7-19(20)22)13-17-10-11-18(15-31)34-17/h2-12,14,31H,13,15H2,1H3,(H,28,32,33). The Morgan fingerprint density at radius 1 is 0.882 bits per heavy atom. The fraction of sp³-hybridized carbons (Fsp3) is 0.111. The van der Waals surface area contributed by atoms with Crippen molar-refractivity contribution in [1.29, 1.82) is 0 Å². The van der Waals surface area contributed by atoms with Crippen LogP contribution < -0.4 is 5.32 Å². The van der Waals surface area contributed by atoms with E-state index in [1.807, 2.05) is 84.5 Å². The van der Waals surface area contributed by atoms with E-state index in [9.17, 15) is 14.7 Å². The number of benzene rings is 2. The number of rotatable bonds is 5. The second-order valence-electron chi connectivity index (χ2n) is 8.39. The number of nitrogens with one attached hydrogen (secondary N) is 1. The monoisotopic (exact) mass is 467 g/mol. The molecular formula is C27H21N3O3S. The lowest BCUT2D eigenvalue weighted by molar-refractivity contribution is -0.122. The fourth-order valence-electron chi connectivity index (χ4n) is 4.82. The third kappa shape index (κ3) is 3.13.